The number of hydrogen-bond acceptors (Lipinski definition) is 5. The second-order valence-electron chi connectivity index (χ2n) is 10.9. The molecule has 38 heavy (non-hydrogen) atoms. The largest absolute Gasteiger partial charge is 0.378 e. The monoisotopic (exact) mass is 554 g/mol. The van der Waals surface area contributed by atoms with E-state index in [1.165, 1.54) is 0 Å². The number of halogens is 2. The van der Waals surface area contributed by atoms with E-state index in [1.807, 2.05) is 64.3 Å². The van der Waals surface area contributed by atoms with Crippen molar-refractivity contribution in [2.75, 3.05) is 13.6 Å². The van der Waals surface area contributed by atoms with Crippen LogP contribution < -0.4 is 10.6 Å². The van der Waals surface area contributed by atoms with Crippen LogP contribution in [0.2, 0.25) is 0 Å². The summed E-state index contributed by atoms with van der Waals surface area (Å²) in [4.78, 5) is 20.2. The number of likely N-dealkylation sites (N-methyl/N-ethyl adjacent to an activating group) is 1. The molecule has 3 N–H and O–H groups in total. The molecule has 3 aliphatic carbocycles. The number of aliphatic hydroxyl groups excluding tert-OH is 1. The number of amides is 1. The lowest BCUT2D eigenvalue weighted by Gasteiger charge is -2.31. The molecule has 1 unspecified atom stereocenters. The Morgan fingerprint density at radius 3 is 2.68 bits per heavy atom. The van der Waals surface area contributed by atoms with Crippen LogP contribution in [0, 0.1) is 5.41 Å². The van der Waals surface area contributed by atoms with Crippen molar-refractivity contribution in [1.82, 2.24) is 15.5 Å². The molecule has 8 heteroatoms. The van der Waals surface area contributed by atoms with Crippen molar-refractivity contribution in [2.45, 2.75) is 58.1 Å². The molecule has 0 saturated heterocycles. The molecular weight excluding hydrogens is 519 g/mol. The number of carbonyl (C=O) groups is 1. The molecule has 0 aromatic heterocycles. The fraction of sp³-hybridized carbons (Fsp3) is 0.400. The van der Waals surface area contributed by atoms with Crippen LogP contribution in [0.1, 0.15) is 46.5 Å². The van der Waals surface area contributed by atoms with Gasteiger partial charge in [-0.15, -0.1) is 11.6 Å². The first-order valence-corrected chi connectivity index (χ1v) is 13.7. The molecule has 1 amide bonds. The average Bonchev–Trinajstić information content (AvgIpc) is 3.05. The molecule has 4 aliphatic rings. The van der Waals surface area contributed by atoms with E-state index in [1.54, 1.807) is 6.08 Å². The van der Waals surface area contributed by atoms with Crippen LogP contribution in [-0.2, 0) is 4.79 Å². The minimum Gasteiger partial charge on any atom is -0.378 e. The van der Waals surface area contributed by atoms with E-state index in [-0.39, 0.29) is 16.7 Å². The Morgan fingerprint density at radius 2 is 1.97 bits per heavy atom. The fourth-order valence-corrected chi connectivity index (χ4v) is 4.72. The molecule has 2 bridgehead atoms. The molecule has 202 valence electrons. The predicted molar refractivity (Wildman–Crippen MR) is 156 cm³/mol. The van der Waals surface area contributed by atoms with Crippen molar-refractivity contribution in [3.8, 4) is 0 Å². The van der Waals surface area contributed by atoms with Gasteiger partial charge >= 0.3 is 0 Å². The van der Waals surface area contributed by atoms with Crippen LogP contribution in [0.3, 0.4) is 0 Å². The summed E-state index contributed by atoms with van der Waals surface area (Å²) in [7, 11) is 2.01. The minimum absolute atomic E-state index is 0.0268. The Hall–Kier alpha value is -2.64. The molecular formula is C30H36Cl2N4O2. The summed E-state index contributed by atoms with van der Waals surface area (Å²) in [5.41, 5.74) is 5.11. The smallest absolute Gasteiger partial charge is 0.253 e. The number of fused-ring (bicyclic) bond motifs is 2. The molecule has 4 rings (SSSR count). The highest BCUT2D eigenvalue weighted by Crippen LogP contribution is 2.30. The van der Waals surface area contributed by atoms with Crippen LogP contribution in [0.4, 0.5) is 0 Å². The first-order valence-electron chi connectivity index (χ1n) is 12.9. The van der Waals surface area contributed by atoms with Crippen molar-refractivity contribution in [3.63, 3.8) is 0 Å². The van der Waals surface area contributed by atoms with E-state index in [2.05, 4.69) is 27.7 Å². The average molecular weight is 556 g/mol. The normalized spacial score (nSPS) is 25.4. The number of nitrogens with zero attached hydrogens (tertiary/aromatic N) is 2. The minimum atomic E-state index is -0.645. The van der Waals surface area contributed by atoms with Gasteiger partial charge in [0.05, 0.1) is 5.38 Å². The van der Waals surface area contributed by atoms with E-state index >= 15 is 0 Å². The van der Waals surface area contributed by atoms with Crippen molar-refractivity contribution >= 4 is 34.9 Å². The van der Waals surface area contributed by atoms with Gasteiger partial charge in [0, 0.05) is 65.1 Å². The number of nitrogens with one attached hydrogen (secondary N) is 2. The third-order valence-corrected chi connectivity index (χ3v) is 7.55. The first-order chi connectivity index (χ1) is 18.0. The van der Waals surface area contributed by atoms with Gasteiger partial charge in [0.2, 0.25) is 0 Å². The highest BCUT2D eigenvalue weighted by Gasteiger charge is 2.24. The number of aliphatic imine (C=N–C) groups is 1. The van der Waals surface area contributed by atoms with Gasteiger partial charge in [0.15, 0.2) is 0 Å². The first kappa shape index (κ1) is 28.4. The summed E-state index contributed by atoms with van der Waals surface area (Å²) in [6.45, 7) is 6.39. The van der Waals surface area contributed by atoms with Crippen LogP contribution in [-0.4, -0.2) is 46.9 Å². The zero-order chi connectivity index (χ0) is 27.4. The van der Waals surface area contributed by atoms with Gasteiger partial charge < -0.3 is 15.3 Å². The number of carbonyl (C=O) groups excluding carboxylic acids is 1. The van der Waals surface area contributed by atoms with Gasteiger partial charge in [-0.25, -0.2) is 4.99 Å². The fourth-order valence-electron chi connectivity index (χ4n) is 4.34. The van der Waals surface area contributed by atoms with Gasteiger partial charge in [0.1, 0.15) is 12.1 Å². The number of amidine groups is 1. The number of rotatable bonds is 6. The Labute approximate surface area is 235 Å². The highest BCUT2D eigenvalue weighted by molar-refractivity contribution is 6.33. The van der Waals surface area contributed by atoms with Gasteiger partial charge in [-0.1, -0.05) is 68.8 Å². The summed E-state index contributed by atoms with van der Waals surface area (Å²) in [5.74, 6) is 0.683. The molecule has 6 nitrogen and oxygen atoms in total. The lowest BCUT2D eigenvalue weighted by molar-refractivity contribution is -0.116. The molecule has 1 heterocycles. The molecule has 1 aliphatic heterocycles. The molecule has 0 saturated carbocycles. The summed E-state index contributed by atoms with van der Waals surface area (Å²) in [6.07, 6.45) is 19.7. The zero-order valence-corrected chi connectivity index (χ0v) is 23.9. The van der Waals surface area contributed by atoms with E-state index in [9.17, 15) is 9.90 Å². The van der Waals surface area contributed by atoms with Gasteiger partial charge in [-0.2, -0.15) is 0 Å². The molecule has 0 spiro atoms. The lowest BCUT2D eigenvalue weighted by Crippen LogP contribution is -2.40. The Kier molecular flexibility index (Phi) is 8.99. The summed E-state index contributed by atoms with van der Waals surface area (Å²) in [6, 6.07) is 0. The van der Waals surface area contributed by atoms with Crippen molar-refractivity contribution in [3.05, 3.63) is 93.5 Å². The van der Waals surface area contributed by atoms with Crippen molar-refractivity contribution in [1.29, 1.82) is 0 Å². The summed E-state index contributed by atoms with van der Waals surface area (Å²) >= 11 is 12.7. The summed E-state index contributed by atoms with van der Waals surface area (Å²) < 4.78 is 0. The Morgan fingerprint density at radius 1 is 1.18 bits per heavy atom. The third kappa shape index (κ3) is 7.06. The lowest BCUT2D eigenvalue weighted by atomic mass is 9.94. The Balaban J connectivity index is 1.43. The number of allylic oxidation sites excluding steroid dienone is 8. The van der Waals surface area contributed by atoms with E-state index in [4.69, 9.17) is 28.2 Å². The van der Waals surface area contributed by atoms with Crippen LogP contribution >= 0.6 is 23.2 Å². The third-order valence-electron chi connectivity index (χ3n) is 6.87. The maximum absolute atomic E-state index is 13.2. The second-order valence-corrected chi connectivity index (χ2v) is 11.9. The molecule has 0 fully saturated rings. The standard InChI is InChI=1S/C30H36Cl2N4O2/c1-30(2,3)29(38)33-18-19-5-15-25(26(32)16-6-19)28(37)35-22-11-12-23-17-24(14-13-22)36(4)27(34-23)20-7-9-21(31)10-8-20/h5-9,12-14,16,21,29,33,38H,10-11,15,17-18H2,1-4H3,(H,35,37)/b22-13+,23-12+,24-14?/t21?,29-/m1/s1. The van der Waals surface area contributed by atoms with Crippen molar-refractivity contribution < 1.29 is 9.90 Å². The second kappa shape index (κ2) is 12.0. The zero-order valence-electron chi connectivity index (χ0n) is 22.4. The van der Waals surface area contributed by atoms with E-state index in [0.29, 0.717) is 30.0 Å². The molecule has 0 aromatic rings. The summed E-state index contributed by atoms with van der Waals surface area (Å²) in [5, 5.41) is 16.9. The van der Waals surface area contributed by atoms with Crippen LogP contribution in [0.25, 0.3) is 0 Å². The van der Waals surface area contributed by atoms with Gasteiger partial charge in [-0.05, 0) is 36.6 Å². The van der Waals surface area contributed by atoms with Crippen molar-refractivity contribution in [2.24, 2.45) is 10.4 Å². The van der Waals surface area contributed by atoms with E-state index in [0.717, 1.165) is 46.9 Å². The molecule has 2 atom stereocenters. The number of hydrogen-bond donors (Lipinski definition) is 3. The predicted octanol–water partition coefficient (Wildman–Crippen LogP) is 5.72. The maximum Gasteiger partial charge on any atom is 0.253 e. The van der Waals surface area contributed by atoms with E-state index < -0.39 is 6.23 Å². The Bertz CT molecular complexity index is 1260. The van der Waals surface area contributed by atoms with Gasteiger partial charge in [0.25, 0.3) is 5.91 Å². The topological polar surface area (TPSA) is 77.0 Å². The molecule has 0 radical (unpaired) electrons. The quantitative estimate of drug-likeness (QED) is 0.290. The van der Waals surface area contributed by atoms with Crippen LogP contribution in [0.5, 0.6) is 0 Å². The number of alkyl halides is 1. The highest BCUT2D eigenvalue weighted by atomic mass is 35.5. The number of aliphatic hydroxyl groups is 1. The van der Waals surface area contributed by atoms with Crippen LogP contribution in [0.15, 0.2) is 98.5 Å². The molecule has 0 aromatic carbocycles. The van der Waals surface area contributed by atoms with Gasteiger partial charge in [-0.3, -0.25) is 10.1 Å². The maximum atomic E-state index is 13.2. The SMILES string of the molecule is CN1C2=C/C=C(/NC(=O)C3=C(Cl)C=CC(CN[C@H](O)C(C)(C)C)=CC3)C/C=C(\C2)N=C1C1=CCC(Cl)C=C1.